The van der Waals surface area contributed by atoms with Gasteiger partial charge in [0, 0.05) is 10.0 Å². The van der Waals surface area contributed by atoms with E-state index in [1.165, 1.54) is 32.7 Å². The Kier molecular flexibility index (Phi) is 4.29. The SMILES string of the molecule is Brc1c2ccccc2c(-c2ccc(-c3cnc4ccccc4n3)cc2)c2ccccc12. The van der Waals surface area contributed by atoms with E-state index in [1.807, 2.05) is 30.5 Å². The van der Waals surface area contributed by atoms with E-state index in [2.05, 4.69) is 93.7 Å². The van der Waals surface area contributed by atoms with E-state index in [0.29, 0.717) is 0 Å². The maximum Gasteiger partial charge on any atom is 0.0894 e. The first-order chi connectivity index (χ1) is 15.3. The quantitative estimate of drug-likeness (QED) is 0.244. The van der Waals surface area contributed by atoms with Gasteiger partial charge >= 0.3 is 0 Å². The molecular weight excluding hydrogens is 444 g/mol. The minimum Gasteiger partial charge on any atom is -0.252 e. The molecule has 0 amide bonds. The van der Waals surface area contributed by atoms with E-state index < -0.39 is 0 Å². The van der Waals surface area contributed by atoms with Gasteiger partial charge in [-0.2, -0.15) is 0 Å². The zero-order chi connectivity index (χ0) is 20.8. The Balaban J connectivity index is 1.54. The molecule has 1 heterocycles. The number of halogens is 1. The number of nitrogens with zero attached hydrogens (tertiary/aromatic N) is 2. The van der Waals surface area contributed by atoms with Crippen molar-refractivity contribution in [3.63, 3.8) is 0 Å². The van der Waals surface area contributed by atoms with Crippen LogP contribution in [0, 0.1) is 0 Å². The summed E-state index contributed by atoms with van der Waals surface area (Å²) in [5.74, 6) is 0. The number of aromatic nitrogens is 2. The first kappa shape index (κ1) is 18.2. The summed E-state index contributed by atoms with van der Waals surface area (Å²) in [6, 6.07) is 33.8. The van der Waals surface area contributed by atoms with E-state index in [9.17, 15) is 0 Å². The molecule has 0 saturated carbocycles. The molecule has 0 aliphatic carbocycles. The second-order valence-corrected chi connectivity index (χ2v) is 8.39. The van der Waals surface area contributed by atoms with E-state index in [0.717, 1.165) is 26.8 Å². The Bertz CT molecular complexity index is 1530. The molecule has 0 saturated heterocycles. The van der Waals surface area contributed by atoms with Crippen LogP contribution in [-0.4, -0.2) is 9.97 Å². The molecule has 0 atom stereocenters. The first-order valence-electron chi connectivity index (χ1n) is 10.2. The van der Waals surface area contributed by atoms with Crippen LogP contribution in [0.5, 0.6) is 0 Å². The Morgan fingerprint density at radius 2 is 1.03 bits per heavy atom. The number of rotatable bonds is 2. The van der Waals surface area contributed by atoms with Gasteiger partial charge in [-0.3, -0.25) is 4.98 Å². The number of para-hydroxylation sites is 2. The topological polar surface area (TPSA) is 25.8 Å². The van der Waals surface area contributed by atoms with Crippen molar-refractivity contribution in [3.05, 3.63) is 108 Å². The van der Waals surface area contributed by atoms with Crippen LogP contribution < -0.4 is 0 Å². The molecule has 0 radical (unpaired) electrons. The van der Waals surface area contributed by atoms with E-state index in [4.69, 9.17) is 4.98 Å². The minimum absolute atomic E-state index is 0.885. The Hall–Kier alpha value is -3.56. The number of hydrogen-bond acceptors (Lipinski definition) is 2. The molecule has 2 nitrogen and oxygen atoms in total. The van der Waals surface area contributed by atoms with Crippen LogP contribution in [-0.2, 0) is 0 Å². The van der Waals surface area contributed by atoms with Crippen LogP contribution in [0.2, 0.25) is 0 Å². The Morgan fingerprint density at radius 3 is 1.68 bits per heavy atom. The van der Waals surface area contributed by atoms with Crippen molar-refractivity contribution < 1.29 is 0 Å². The summed E-state index contributed by atoms with van der Waals surface area (Å²) < 4.78 is 1.14. The fraction of sp³-hybridized carbons (Fsp3) is 0. The monoisotopic (exact) mass is 460 g/mol. The zero-order valence-corrected chi connectivity index (χ0v) is 18.2. The molecule has 5 aromatic carbocycles. The summed E-state index contributed by atoms with van der Waals surface area (Å²) >= 11 is 3.84. The first-order valence-corrected chi connectivity index (χ1v) is 11.0. The van der Waals surface area contributed by atoms with Gasteiger partial charge in [0.2, 0.25) is 0 Å². The third-order valence-corrected chi connectivity index (χ3v) is 6.64. The maximum absolute atomic E-state index is 4.79. The standard InChI is InChI=1S/C28H17BrN2/c29-28-22-9-3-1-7-20(22)27(21-8-2-4-10-23(21)28)19-15-13-18(14-16-19)26-17-30-24-11-5-6-12-25(24)31-26/h1-17H. The smallest absolute Gasteiger partial charge is 0.0894 e. The largest absolute Gasteiger partial charge is 0.252 e. The highest BCUT2D eigenvalue weighted by Gasteiger charge is 2.13. The summed E-state index contributed by atoms with van der Waals surface area (Å²) in [7, 11) is 0. The van der Waals surface area contributed by atoms with Crippen molar-refractivity contribution in [1.29, 1.82) is 0 Å². The molecule has 0 fully saturated rings. The minimum atomic E-state index is 0.885. The van der Waals surface area contributed by atoms with Gasteiger partial charge in [-0.25, -0.2) is 4.98 Å². The van der Waals surface area contributed by atoms with Gasteiger partial charge in [0.1, 0.15) is 0 Å². The van der Waals surface area contributed by atoms with Crippen LogP contribution in [0.4, 0.5) is 0 Å². The zero-order valence-electron chi connectivity index (χ0n) is 16.6. The molecule has 6 rings (SSSR count). The predicted octanol–water partition coefficient (Wildman–Crippen LogP) is 8.03. The van der Waals surface area contributed by atoms with Crippen LogP contribution in [0.3, 0.4) is 0 Å². The van der Waals surface area contributed by atoms with Gasteiger partial charge in [-0.05, 0) is 60.7 Å². The van der Waals surface area contributed by atoms with Crippen LogP contribution >= 0.6 is 15.9 Å². The average Bonchev–Trinajstić information content (AvgIpc) is 2.84. The number of benzene rings is 5. The van der Waals surface area contributed by atoms with E-state index in [1.54, 1.807) is 0 Å². The summed E-state index contributed by atoms with van der Waals surface area (Å²) in [6.07, 6.45) is 1.85. The van der Waals surface area contributed by atoms with E-state index >= 15 is 0 Å². The molecule has 0 aliphatic rings. The van der Waals surface area contributed by atoms with Crippen molar-refractivity contribution in [2.24, 2.45) is 0 Å². The Labute approximate surface area is 188 Å². The van der Waals surface area contributed by atoms with Crippen LogP contribution in [0.25, 0.3) is 55.0 Å². The molecule has 31 heavy (non-hydrogen) atoms. The number of fused-ring (bicyclic) bond motifs is 3. The average molecular weight is 461 g/mol. The predicted molar refractivity (Wildman–Crippen MR) is 133 cm³/mol. The van der Waals surface area contributed by atoms with Gasteiger partial charge in [-0.1, -0.05) is 84.9 Å². The van der Waals surface area contributed by atoms with Crippen molar-refractivity contribution >= 4 is 48.5 Å². The van der Waals surface area contributed by atoms with E-state index in [-0.39, 0.29) is 0 Å². The lowest BCUT2D eigenvalue weighted by Crippen LogP contribution is -1.90. The van der Waals surface area contributed by atoms with Gasteiger partial charge in [0.25, 0.3) is 0 Å². The fourth-order valence-corrected chi connectivity index (χ4v) is 4.98. The normalized spacial score (nSPS) is 11.4. The highest BCUT2D eigenvalue weighted by molar-refractivity contribution is 9.10. The number of hydrogen-bond donors (Lipinski definition) is 0. The van der Waals surface area contributed by atoms with Gasteiger partial charge in [0.05, 0.1) is 22.9 Å². The molecule has 0 unspecified atom stereocenters. The molecule has 0 spiro atoms. The van der Waals surface area contributed by atoms with Gasteiger partial charge in [-0.15, -0.1) is 0 Å². The molecule has 146 valence electrons. The van der Waals surface area contributed by atoms with Crippen LogP contribution in [0.1, 0.15) is 0 Å². The third kappa shape index (κ3) is 3.01. The summed E-state index contributed by atoms with van der Waals surface area (Å²) in [4.78, 5) is 9.35. The lowest BCUT2D eigenvalue weighted by molar-refractivity contribution is 1.29. The van der Waals surface area contributed by atoms with Crippen LogP contribution in [0.15, 0.2) is 108 Å². The molecular formula is C28H17BrN2. The highest BCUT2D eigenvalue weighted by atomic mass is 79.9. The fourth-order valence-electron chi connectivity index (χ4n) is 4.29. The molecule has 0 N–H and O–H groups in total. The molecule has 0 aliphatic heterocycles. The molecule has 1 aromatic heterocycles. The van der Waals surface area contributed by atoms with Crippen molar-refractivity contribution in [2.45, 2.75) is 0 Å². The summed E-state index contributed by atoms with van der Waals surface area (Å²) in [5.41, 5.74) is 6.22. The lowest BCUT2D eigenvalue weighted by Gasteiger charge is -2.14. The third-order valence-electron chi connectivity index (χ3n) is 5.78. The van der Waals surface area contributed by atoms with Gasteiger partial charge in [0.15, 0.2) is 0 Å². The Morgan fingerprint density at radius 1 is 0.516 bits per heavy atom. The lowest BCUT2D eigenvalue weighted by atomic mass is 9.91. The van der Waals surface area contributed by atoms with Crippen molar-refractivity contribution in [1.82, 2.24) is 9.97 Å². The van der Waals surface area contributed by atoms with Crippen molar-refractivity contribution in [3.8, 4) is 22.4 Å². The second-order valence-electron chi connectivity index (χ2n) is 7.60. The van der Waals surface area contributed by atoms with Gasteiger partial charge < -0.3 is 0 Å². The maximum atomic E-state index is 4.79. The molecule has 0 bridgehead atoms. The summed E-state index contributed by atoms with van der Waals surface area (Å²) in [5, 5.41) is 4.93. The molecule has 3 heteroatoms. The highest BCUT2D eigenvalue weighted by Crippen LogP contribution is 2.41. The summed E-state index contributed by atoms with van der Waals surface area (Å²) in [6.45, 7) is 0. The molecule has 6 aromatic rings. The second kappa shape index (κ2) is 7.29. The van der Waals surface area contributed by atoms with Crippen molar-refractivity contribution in [2.75, 3.05) is 0 Å².